The maximum atomic E-state index is 13.1. The molecular formula is C18H18ClFN2O2. The van der Waals surface area contributed by atoms with E-state index < -0.39 is 11.7 Å². The Hall–Kier alpha value is -2.40. The average molecular weight is 349 g/mol. The number of carbonyl (C=O) groups excluding carboxylic acids is 2. The molecule has 6 heteroatoms. The van der Waals surface area contributed by atoms with Crippen molar-refractivity contribution in [2.45, 2.75) is 26.3 Å². The van der Waals surface area contributed by atoms with Crippen molar-refractivity contribution in [2.75, 3.05) is 5.32 Å². The van der Waals surface area contributed by atoms with Gasteiger partial charge in [-0.05, 0) is 49.7 Å². The van der Waals surface area contributed by atoms with Crippen molar-refractivity contribution in [3.05, 3.63) is 64.4 Å². The van der Waals surface area contributed by atoms with Gasteiger partial charge in [-0.25, -0.2) is 4.39 Å². The number of anilines is 1. The van der Waals surface area contributed by atoms with Crippen LogP contribution in [0.25, 0.3) is 0 Å². The Morgan fingerprint density at radius 1 is 1.12 bits per heavy atom. The van der Waals surface area contributed by atoms with Gasteiger partial charge in [0.25, 0.3) is 11.8 Å². The van der Waals surface area contributed by atoms with E-state index in [-0.39, 0.29) is 17.0 Å². The molecule has 2 aromatic carbocycles. The van der Waals surface area contributed by atoms with Crippen LogP contribution in [0.3, 0.4) is 0 Å². The van der Waals surface area contributed by atoms with Crippen molar-refractivity contribution in [2.24, 2.45) is 0 Å². The Kier molecular flexibility index (Phi) is 5.93. The normalized spacial score (nSPS) is 11.7. The summed E-state index contributed by atoms with van der Waals surface area (Å²) in [5.74, 6) is -1.20. The number of nitrogens with one attached hydrogen (secondary N) is 2. The maximum absolute atomic E-state index is 13.1. The van der Waals surface area contributed by atoms with Gasteiger partial charge in [-0.3, -0.25) is 9.59 Å². The highest BCUT2D eigenvalue weighted by Crippen LogP contribution is 2.20. The van der Waals surface area contributed by atoms with E-state index >= 15 is 0 Å². The first-order valence-corrected chi connectivity index (χ1v) is 7.95. The predicted octanol–water partition coefficient (Wildman–Crippen LogP) is 4.26. The van der Waals surface area contributed by atoms with Gasteiger partial charge in [-0.15, -0.1) is 0 Å². The monoisotopic (exact) mass is 348 g/mol. The van der Waals surface area contributed by atoms with Crippen LogP contribution in [-0.4, -0.2) is 17.9 Å². The van der Waals surface area contributed by atoms with Gasteiger partial charge in [0.2, 0.25) is 0 Å². The standard InChI is InChI=1S/C18H18ClFN2O2/c1-3-11(2)21-17(23)12-5-4-6-13(9-12)18(24)22-14-7-8-16(20)15(19)10-14/h4-11H,3H2,1-2H3,(H,21,23)(H,22,24). The molecule has 2 amide bonds. The van der Waals surface area contributed by atoms with Crippen LogP contribution in [0.1, 0.15) is 41.0 Å². The molecule has 0 radical (unpaired) electrons. The summed E-state index contributed by atoms with van der Waals surface area (Å²) >= 11 is 5.69. The fourth-order valence-electron chi connectivity index (χ4n) is 1.99. The molecule has 0 aliphatic rings. The summed E-state index contributed by atoms with van der Waals surface area (Å²) in [6.45, 7) is 3.88. The lowest BCUT2D eigenvalue weighted by atomic mass is 10.1. The molecule has 0 fully saturated rings. The van der Waals surface area contributed by atoms with E-state index in [0.29, 0.717) is 16.8 Å². The van der Waals surface area contributed by atoms with Gasteiger partial charge in [0.05, 0.1) is 5.02 Å². The lowest BCUT2D eigenvalue weighted by Gasteiger charge is -2.12. The van der Waals surface area contributed by atoms with E-state index in [4.69, 9.17) is 11.6 Å². The predicted molar refractivity (Wildman–Crippen MR) is 93.0 cm³/mol. The van der Waals surface area contributed by atoms with Crippen LogP contribution in [0.15, 0.2) is 42.5 Å². The Morgan fingerprint density at radius 2 is 1.79 bits per heavy atom. The smallest absolute Gasteiger partial charge is 0.255 e. The van der Waals surface area contributed by atoms with Crippen molar-refractivity contribution in [3.63, 3.8) is 0 Å². The SMILES string of the molecule is CCC(C)NC(=O)c1cccc(C(=O)Nc2ccc(F)c(Cl)c2)c1. The molecule has 0 aliphatic carbocycles. The molecule has 126 valence electrons. The van der Waals surface area contributed by atoms with E-state index in [2.05, 4.69) is 10.6 Å². The first kappa shape index (κ1) is 17.9. The number of halogens is 2. The van der Waals surface area contributed by atoms with Gasteiger partial charge in [0, 0.05) is 22.9 Å². The summed E-state index contributed by atoms with van der Waals surface area (Å²) in [5, 5.41) is 5.39. The number of hydrogen-bond acceptors (Lipinski definition) is 2. The Balaban J connectivity index is 2.13. The molecule has 0 spiro atoms. The molecule has 0 aromatic heterocycles. The summed E-state index contributed by atoms with van der Waals surface area (Å²) in [6.07, 6.45) is 0.817. The summed E-state index contributed by atoms with van der Waals surface area (Å²) in [6, 6.07) is 10.4. The topological polar surface area (TPSA) is 58.2 Å². The van der Waals surface area contributed by atoms with Crippen molar-refractivity contribution in [3.8, 4) is 0 Å². The number of rotatable bonds is 5. The average Bonchev–Trinajstić information content (AvgIpc) is 2.58. The number of carbonyl (C=O) groups is 2. The fraction of sp³-hybridized carbons (Fsp3) is 0.222. The Bertz CT molecular complexity index is 764. The maximum Gasteiger partial charge on any atom is 0.255 e. The van der Waals surface area contributed by atoms with Gasteiger partial charge >= 0.3 is 0 Å². The van der Waals surface area contributed by atoms with Crippen LogP contribution in [-0.2, 0) is 0 Å². The van der Waals surface area contributed by atoms with E-state index in [1.165, 1.54) is 24.3 Å². The third-order valence-electron chi connectivity index (χ3n) is 3.55. The quantitative estimate of drug-likeness (QED) is 0.848. The fourth-order valence-corrected chi connectivity index (χ4v) is 2.17. The molecule has 24 heavy (non-hydrogen) atoms. The molecule has 0 heterocycles. The minimum Gasteiger partial charge on any atom is -0.350 e. The first-order valence-electron chi connectivity index (χ1n) is 7.58. The lowest BCUT2D eigenvalue weighted by Crippen LogP contribution is -2.32. The van der Waals surface area contributed by atoms with E-state index in [1.54, 1.807) is 18.2 Å². The second-order valence-corrected chi connectivity index (χ2v) is 5.85. The molecule has 2 rings (SSSR count). The van der Waals surface area contributed by atoms with Crippen molar-refractivity contribution in [1.29, 1.82) is 0 Å². The minimum atomic E-state index is -0.557. The molecule has 1 unspecified atom stereocenters. The molecule has 4 nitrogen and oxygen atoms in total. The highest BCUT2D eigenvalue weighted by molar-refractivity contribution is 6.31. The van der Waals surface area contributed by atoms with Crippen molar-refractivity contribution in [1.82, 2.24) is 5.32 Å². The van der Waals surface area contributed by atoms with Crippen LogP contribution in [0.4, 0.5) is 10.1 Å². The number of hydrogen-bond donors (Lipinski definition) is 2. The van der Waals surface area contributed by atoms with Crippen LogP contribution < -0.4 is 10.6 Å². The number of amides is 2. The Morgan fingerprint density at radius 3 is 2.42 bits per heavy atom. The zero-order chi connectivity index (χ0) is 17.7. The highest BCUT2D eigenvalue weighted by atomic mass is 35.5. The largest absolute Gasteiger partial charge is 0.350 e. The molecule has 0 aliphatic heterocycles. The molecule has 0 saturated carbocycles. The van der Waals surface area contributed by atoms with Crippen molar-refractivity contribution >= 4 is 29.1 Å². The molecule has 2 N–H and O–H groups in total. The summed E-state index contributed by atoms with van der Waals surface area (Å²) in [5.41, 5.74) is 1.10. The molecule has 1 atom stereocenters. The minimum absolute atomic E-state index is 0.0522. The van der Waals surface area contributed by atoms with E-state index in [9.17, 15) is 14.0 Å². The van der Waals surface area contributed by atoms with Crippen LogP contribution in [0, 0.1) is 5.82 Å². The summed E-state index contributed by atoms with van der Waals surface area (Å²) < 4.78 is 13.1. The molecule has 0 bridgehead atoms. The zero-order valence-electron chi connectivity index (χ0n) is 13.4. The summed E-state index contributed by atoms with van der Waals surface area (Å²) in [7, 11) is 0. The Labute approximate surface area is 145 Å². The highest BCUT2D eigenvalue weighted by Gasteiger charge is 2.12. The van der Waals surface area contributed by atoms with Crippen LogP contribution in [0.2, 0.25) is 5.02 Å². The second kappa shape index (κ2) is 7.93. The number of benzene rings is 2. The van der Waals surface area contributed by atoms with Gasteiger partial charge < -0.3 is 10.6 Å². The summed E-state index contributed by atoms with van der Waals surface area (Å²) in [4.78, 5) is 24.4. The first-order chi connectivity index (χ1) is 11.4. The third kappa shape index (κ3) is 4.55. The van der Waals surface area contributed by atoms with E-state index in [1.807, 2.05) is 13.8 Å². The zero-order valence-corrected chi connectivity index (χ0v) is 14.2. The van der Waals surface area contributed by atoms with Gasteiger partial charge in [-0.1, -0.05) is 24.6 Å². The van der Waals surface area contributed by atoms with Crippen molar-refractivity contribution < 1.29 is 14.0 Å². The van der Waals surface area contributed by atoms with E-state index in [0.717, 1.165) is 6.42 Å². The van der Waals surface area contributed by atoms with Crippen LogP contribution >= 0.6 is 11.6 Å². The second-order valence-electron chi connectivity index (χ2n) is 5.45. The van der Waals surface area contributed by atoms with Gasteiger partial charge in [0.1, 0.15) is 5.82 Å². The molecule has 0 saturated heterocycles. The van der Waals surface area contributed by atoms with Crippen LogP contribution in [0.5, 0.6) is 0 Å². The lowest BCUT2D eigenvalue weighted by molar-refractivity contribution is 0.0939. The third-order valence-corrected chi connectivity index (χ3v) is 3.84. The molecular weight excluding hydrogens is 331 g/mol. The van der Waals surface area contributed by atoms with Gasteiger partial charge in [0.15, 0.2) is 0 Å². The van der Waals surface area contributed by atoms with Gasteiger partial charge in [-0.2, -0.15) is 0 Å². The molecule has 2 aromatic rings.